The zero-order chi connectivity index (χ0) is 13.8. The Hall–Kier alpha value is -1.13. The maximum atomic E-state index is 11.8. The number of aliphatic hydroxyl groups excluding tert-OH is 1. The number of nitrogens with one attached hydrogen (secondary N) is 1. The van der Waals surface area contributed by atoms with Crippen LogP contribution in [0.5, 0.6) is 0 Å². The Morgan fingerprint density at radius 1 is 1.56 bits per heavy atom. The molecule has 0 radical (unpaired) electrons. The van der Waals surface area contributed by atoms with Crippen LogP contribution < -0.4 is 4.72 Å². The summed E-state index contributed by atoms with van der Waals surface area (Å²) in [6.45, 7) is 1.71. The molecule has 2 N–H and O–H groups in total. The Balaban J connectivity index is 2.86. The van der Waals surface area contributed by atoms with Crippen molar-refractivity contribution in [2.45, 2.75) is 24.3 Å². The fraction of sp³-hybridized carbons (Fsp3) is 0.364. The van der Waals surface area contributed by atoms with Gasteiger partial charge in [-0.25, -0.2) is 13.1 Å². The fourth-order valence-corrected chi connectivity index (χ4v) is 2.60. The molecule has 0 spiro atoms. The highest BCUT2D eigenvalue weighted by Gasteiger charge is 2.15. The molecule has 0 bridgehead atoms. The number of halogens is 1. The first-order valence-electron chi connectivity index (χ1n) is 5.24. The predicted octanol–water partition coefficient (Wildman–Crippen LogP) is 1.26. The van der Waals surface area contributed by atoms with Crippen LogP contribution in [0, 0.1) is 11.3 Å². The lowest BCUT2D eigenvalue weighted by atomic mass is 10.2. The molecule has 5 nitrogen and oxygen atoms in total. The topological polar surface area (TPSA) is 90.2 Å². The van der Waals surface area contributed by atoms with Crippen molar-refractivity contribution < 1.29 is 13.5 Å². The molecule has 1 rings (SSSR count). The molecular weight excluding hydrogens is 276 g/mol. The van der Waals surface area contributed by atoms with Crippen LogP contribution in [-0.2, 0) is 10.0 Å². The molecule has 0 saturated carbocycles. The van der Waals surface area contributed by atoms with Crippen molar-refractivity contribution >= 4 is 21.6 Å². The lowest BCUT2D eigenvalue weighted by Crippen LogP contribution is -2.26. The SMILES string of the molecule is CC(O)CCNS(=O)(=O)c1ccc(C#N)c(Cl)c1. The van der Waals surface area contributed by atoms with E-state index in [9.17, 15) is 8.42 Å². The molecule has 18 heavy (non-hydrogen) atoms. The quantitative estimate of drug-likeness (QED) is 0.853. The Labute approximate surface area is 111 Å². The zero-order valence-electron chi connectivity index (χ0n) is 9.72. The summed E-state index contributed by atoms with van der Waals surface area (Å²) in [5.74, 6) is 0. The summed E-state index contributed by atoms with van der Waals surface area (Å²) in [6.07, 6.45) is -0.249. The van der Waals surface area contributed by atoms with Gasteiger partial charge in [0, 0.05) is 6.54 Å². The van der Waals surface area contributed by atoms with E-state index in [0.29, 0.717) is 6.42 Å². The van der Waals surface area contributed by atoms with Gasteiger partial charge < -0.3 is 5.11 Å². The molecule has 0 aliphatic rings. The number of rotatable bonds is 5. The van der Waals surface area contributed by atoms with Gasteiger partial charge in [0.05, 0.1) is 21.6 Å². The van der Waals surface area contributed by atoms with Crippen LogP contribution >= 0.6 is 11.6 Å². The highest BCUT2D eigenvalue weighted by molar-refractivity contribution is 7.89. The van der Waals surface area contributed by atoms with E-state index in [1.165, 1.54) is 18.2 Å². The van der Waals surface area contributed by atoms with E-state index in [4.69, 9.17) is 22.0 Å². The molecule has 7 heteroatoms. The highest BCUT2D eigenvalue weighted by Crippen LogP contribution is 2.19. The molecule has 98 valence electrons. The van der Waals surface area contributed by atoms with Gasteiger partial charge in [0.25, 0.3) is 0 Å². The Kier molecular flexibility index (Phi) is 5.11. The third kappa shape index (κ3) is 3.96. The summed E-state index contributed by atoms with van der Waals surface area (Å²) in [5, 5.41) is 17.8. The van der Waals surface area contributed by atoms with Gasteiger partial charge in [-0.3, -0.25) is 0 Å². The second-order valence-corrected chi connectivity index (χ2v) is 5.96. The Morgan fingerprint density at radius 2 is 2.22 bits per heavy atom. The van der Waals surface area contributed by atoms with Crippen LogP contribution in [0.4, 0.5) is 0 Å². The predicted molar refractivity (Wildman–Crippen MR) is 67.7 cm³/mol. The Morgan fingerprint density at radius 3 is 2.72 bits per heavy atom. The molecule has 0 saturated heterocycles. The van der Waals surface area contributed by atoms with E-state index in [2.05, 4.69) is 4.72 Å². The van der Waals surface area contributed by atoms with Crippen molar-refractivity contribution in [3.8, 4) is 6.07 Å². The van der Waals surface area contributed by atoms with E-state index in [1.807, 2.05) is 6.07 Å². The first kappa shape index (κ1) is 14.9. The van der Waals surface area contributed by atoms with Crippen molar-refractivity contribution in [3.63, 3.8) is 0 Å². The maximum Gasteiger partial charge on any atom is 0.240 e. The summed E-state index contributed by atoms with van der Waals surface area (Å²) < 4.78 is 26.0. The fourth-order valence-electron chi connectivity index (χ4n) is 1.24. The van der Waals surface area contributed by atoms with Crippen molar-refractivity contribution in [1.82, 2.24) is 4.72 Å². The summed E-state index contributed by atoms with van der Waals surface area (Å²) in [6, 6.07) is 5.75. The van der Waals surface area contributed by atoms with Gasteiger partial charge in [-0.1, -0.05) is 11.6 Å². The molecule has 0 fully saturated rings. The van der Waals surface area contributed by atoms with Gasteiger partial charge in [0.2, 0.25) is 10.0 Å². The molecular formula is C11H13ClN2O3S. The number of sulfonamides is 1. The number of hydrogen-bond donors (Lipinski definition) is 2. The van der Waals surface area contributed by atoms with Crippen LogP contribution in [0.3, 0.4) is 0 Å². The lowest BCUT2D eigenvalue weighted by Gasteiger charge is -2.08. The van der Waals surface area contributed by atoms with Crippen LogP contribution in [0.1, 0.15) is 18.9 Å². The minimum absolute atomic E-state index is 0.00269. The monoisotopic (exact) mass is 288 g/mol. The average Bonchev–Trinajstić information content (AvgIpc) is 2.28. The number of hydrogen-bond acceptors (Lipinski definition) is 4. The van der Waals surface area contributed by atoms with Gasteiger partial charge in [-0.15, -0.1) is 0 Å². The first-order chi connectivity index (χ1) is 8.36. The summed E-state index contributed by atoms with van der Waals surface area (Å²) in [5.41, 5.74) is 0.222. The molecule has 0 aliphatic heterocycles. The molecule has 0 aromatic heterocycles. The lowest BCUT2D eigenvalue weighted by molar-refractivity contribution is 0.186. The van der Waals surface area contributed by atoms with Gasteiger partial charge in [0.15, 0.2) is 0 Å². The van der Waals surface area contributed by atoms with Crippen LogP contribution in [0.15, 0.2) is 23.1 Å². The highest BCUT2D eigenvalue weighted by atomic mass is 35.5. The normalized spacial score (nSPS) is 13.0. The minimum atomic E-state index is -3.66. The summed E-state index contributed by atoms with van der Waals surface area (Å²) in [4.78, 5) is -0.00269. The molecule has 1 unspecified atom stereocenters. The van der Waals surface area contributed by atoms with Crippen molar-refractivity contribution in [2.75, 3.05) is 6.54 Å². The first-order valence-corrected chi connectivity index (χ1v) is 7.10. The van der Waals surface area contributed by atoms with Crippen molar-refractivity contribution in [1.29, 1.82) is 5.26 Å². The van der Waals surface area contributed by atoms with E-state index in [0.717, 1.165) is 0 Å². The summed E-state index contributed by atoms with van der Waals surface area (Å²) in [7, 11) is -3.66. The van der Waals surface area contributed by atoms with E-state index < -0.39 is 16.1 Å². The third-order valence-corrected chi connectivity index (χ3v) is 4.00. The number of aliphatic hydroxyl groups is 1. The van der Waals surface area contributed by atoms with Crippen molar-refractivity contribution in [3.05, 3.63) is 28.8 Å². The second kappa shape index (κ2) is 6.16. The van der Waals surface area contributed by atoms with Crippen LogP contribution in [0.2, 0.25) is 5.02 Å². The molecule has 0 heterocycles. The van der Waals surface area contributed by atoms with Gasteiger partial charge in [0.1, 0.15) is 6.07 Å². The van der Waals surface area contributed by atoms with E-state index in [-0.39, 0.29) is 22.0 Å². The smallest absolute Gasteiger partial charge is 0.240 e. The molecule has 0 aliphatic carbocycles. The number of nitrogens with zero attached hydrogens (tertiary/aromatic N) is 1. The number of benzene rings is 1. The molecule has 0 amide bonds. The van der Waals surface area contributed by atoms with Crippen LogP contribution in [0.25, 0.3) is 0 Å². The minimum Gasteiger partial charge on any atom is -0.393 e. The molecule has 1 aromatic carbocycles. The van der Waals surface area contributed by atoms with E-state index in [1.54, 1.807) is 6.92 Å². The largest absolute Gasteiger partial charge is 0.393 e. The molecule has 1 atom stereocenters. The zero-order valence-corrected chi connectivity index (χ0v) is 11.3. The summed E-state index contributed by atoms with van der Waals surface area (Å²) >= 11 is 5.77. The Bertz CT molecular complexity index is 564. The van der Waals surface area contributed by atoms with Gasteiger partial charge in [-0.05, 0) is 31.5 Å². The average molecular weight is 289 g/mol. The maximum absolute atomic E-state index is 11.8. The third-order valence-electron chi connectivity index (χ3n) is 2.23. The van der Waals surface area contributed by atoms with Crippen molar-refractivity contribution in [2.24, 2.45) is 0 Å². The van der Waals surface area contributed by atoms with E-state index >= 15 is 0 Å². The van der Waals surface area contributed by atoms with Gasteiger partial charge in [-0.2, -0.15) is 5.26 Å². The molecule has 1 aromatic rings. The standard InChI is InChI=1S/C11H13ClN2O3S/c1-8(15)4-5-14-18(16,17)10-3-2-9(7-13)11(12)6-10/h2-3,6,8,14-15H,4-5H2,1H3. The van der Waals surface area contributed by atoms with Crippen LogP contribution in [-0.4, -0.2) is 26.2 Å². The van der Waals surface area contributed by atoms with Gasteiger partial charge >= 0.3 is 0 Å². The second-order valence-electron chi connectivity index (χ2n) is 3.79. The number of nitriles is 1.